The van der Waals surface area contributed by atoms with Gasteiger partial charge in [-0.15, -0.1) is 0 Å². The van der Waals surface area contributed by atoms with Crippen molar-refractivity contribution in [1.82, 2.24) is 9.55 Å². The fourth-order valence-corrected chi connectivity index (χ4v) is 2.69. The van der Waals surface area contributed by atoms with E-state index < -0.39 is 5.97 Å². The molecule has 0 saturated carbocycles. The van der Waals surface area contributed by atoms with Crippen molar-refractivity contribution in [3.63, 3.8) is 0 Å². The van der Waals surface area contributed by atoms with E-state index in [1.807, 2.05) is 30.5 Å². The highest BCUT2D eigenvalue weighted by Crippen LogP contribution is 2.25. The van der Waals surface area contributed by atoms with Crippen molar-refractivity contribution in [2.75, 3.05) is 0 Å². The number of aromatic nitrogens is 2. The fraction of sp³-hybridized carbons (Fsp3) is 0.158. The molecule has 23 heavy (non-hydrogen) atoms. The molecule has 0 bridgehead atoms. The van der Waals surface area contributed by atoms with Gasteiger partial charge in [0.1, 0.15) is 0 Å². The third-order valence-corrected chi connectivity index (χ3v) is 3.92. The van der Waals surface area contributed by atoms with Gasteiger partial charge in [-0.25, -0.2) is 4.79 Å². The number of hydrogen-bond acceptors (Lipinski definition) is 2. The minimum Gasteiger partial charge on any atom is -0.478 e. The lowest BCUT2D eigenvalue weighted by molar-refractivity contribution is -0.132. The number of hydrogen-bond donors (Lipinski definition) is 1. The number of aryl methyl sites for hydroxylation is 1. The number of carboxylic acid groups (broad SMARTS) is 1. The lowest BCUT2D eigenvalue weighted by Gasteiger charge is -2.03. The van der Waals surface area contributed by atoms with Crippen LogP contribution in [0.15, 0.2) is 66.6 Å². The quantitative estimate of drug-likeness (QED) is 0.725. The summed E-state index contributed by atoms with van der Waals surface area (Å²) in [6.45, 7) is 1.63. The number of carbonyl (C=O) groups is 1. The SMILES string of the molecule is C/C(=C/CCc1cn(-c2cccnc2)c2ccccc12)C(=O)O. The Bertz CT molecular complexity index is 863. The van der Waals surface area contributed by atoms with Crippen LogP contribution in [-0.4, -0.2) is 20.6 Å². The molecule has 1 aromatic carbocycles. The van der Waals surface area contributed by atoms with Crippen LogP contribution in [0.5, 0.6) is 0 Å². The molecule has 3 aromatic rings. The first-order valence-corrected chi connectivity index (χ1v) is 7.56. The number of allylic oxidation sites excluding steroid dienone is 1. The summed E-state index contributed by atoms with van der Waals surface area (Å²) >= 11 is 0. The highest BCUT2D eigenvalue weighted by atomic mass is 16.4. The third-order valence-electron chi connectivity index (χ3n) is 3.92. The van der Waals surface area contributed by atoms with E-state index in [0.29, 0.717) is 12.0 Å². The van der Waals surface area contributed by atoms with Crippen LogP contribution in [0, 0.1) is 0 Å². The van der Waals surface area contributed by atoms with Crippen molar-refractivity contribution in [3.05, 3.63) is 72.2 Å². The van der Waals surface area contributed by atoms with Gasteiger partial charge in [-0.3, -0.25) is 4.98 Å². The second kappa shape index (κ2) is 6.48. The number of aliphatic carboxylic acids is 1. The van der Waals surface area contributed by atoms with Crippen LogP contribution in [0.25, 0.3) is 16.6 Å². The van der Waals surface area contributed by atoms with Gasteiger partial charge < -0.3 is 9.67 Å². The second-order valence-corrected chi connectivity index (χ2v) is 5.48. The minimum absolute atomic E-state index is 0.390. The number of rotatable bonds is 5. The van der Waals surface area contributed by atoms with Crippen LogP contribution in [0.3, 0.4) is 0 Å². The molecule has 0 atom stereocenters. The van der Waals surface area contributed by atoms with Crippen molar-refractivity contribution in [3.8, 4) is 5.69 Å². The molecule has 0 fully saturated rings. The van der Waals surface area contributed by atoms with Gasteiger partial charge in [0.15, 0.2) is 0 Å². The average Bonchev–Trinajstić information content (AvgIpc) is 2.94. The zero-order valence-electron chi connectivity index (χ0n) is 12.9. The predicted octanol–water partition coefficient (Wildman–Crippen LogP) is 3.99. The first-order chi connectivity index (χ1) is 11.2. The standard InChI is InChI=1S/C19H18N2O2/c1-14(19(22)23)6-4-7-15-13-21(16-8-5-11-20-12-16)18-10-3-2-9-17(15)18/h2-3,5-6,8-13H,4,7H2,1H3,(H,22,23)/b14-6-. The Balaban J connectivity index is 1.96. The number of fused-ring (bicyclic) bond motifs is 1. The normalized spacial score (nSPS) is 11.8. The summed E-state index contributed by atoms with van der Waals surface area (Å²) in [4.78, 5) is 15.1. The molecule has 0 unspecified atom stereocenters. The van der Waals surface area contributed by atoms with Crippen LogP contribution in [0.2, 0.25) is 0 Å². The van der Waals surface area contributed by atoms with Gasteiger partial charge in [-0.1, -0.05) is 24.3 Å². The largest absolute Gasteiger partial charge is 0.478 e. The summed E-state index contributed by atoms with van der Waals surface area (Å²) in [6, 6.07) is 12.2. The van der Waals surface area contributed by atoms with Crippen LogP contribution in [0.4, 0.5) is 0 Å². The summed E-state index contributed by atoms with van der Waals surface area (Å²) in [6.07, 6.45) is 9.00. The maximum absolute atomic E-state index is 10.9. The lowest BCUT2D eigenvalue weighted by Crippen LogP contribution is -1.96. The van der Waals surface area contributed by atoms with Crippen molar-refractivity contribution >= 4 is 16.9 Å². The fourth-order valence-electron chi connectivity index (χ4n) is 2.69. The Kier molecular flexibility index (Phi) is 4.24. The van der Waals surface area contributed by atoms with Crippen LogP contribution >= 0.6 is 0 Å². The summed E-state index contributed by atoms with van der Waals surface area (Å²) < 4.78 is 2.13. The van der Waals surface area contributed by atoms with Gasteiger partial charge in [-0.2, -0.15) is 0 Å². The molecule has 0 aliphatic heterocycles. The molecule has 0 aliphatic carbocycles. The molecule has 0 amide bonds. The molecule has 4 nitrogen and oxygen atoms in total. The van der Waals surface area contributed by atoms with Crippen molar-refractivity contribution in [2.45, 2.75) is 19.8 Å². The molecule has 1 N–H and O–H groups in total. The summed E-state index contributed by atoms with van der Waals surface area (Å²) in [5, 5.41) is 10.1. The molecule has 3 rings (SSSR count). The Labute approximate surface area is 134 Å². The summed E-state index contributed by atoms with van der Waals surface area (Å²) in [7, 11) is 0. The molecule has 2 heterocycles. The number of benzene rings is 1. The molecule has 0 aliphatic rings. The Hall–Kier alpha value is -2.88. The van der Waals surface area contributed by atoms with Gasteiger partial charge in [0.05, 0.1) is 17.4 Å². The molecule has 4 heteroatoms. The monoisotopic (exact) mass is 306 g/mol. The van der Waals surface area contributed by atoms with Gasteiger partial charge in [0.2, 0.25) is 0 Å². The highest BCUT2D eigenvalue weighted by molar-refractivity contribution is 5.86. The number of para-hydroxylation sites is 1. The Morgan fingerprint density at radius 3 is 2.83 bits per heavy atom. The molecule has 2 aromatic heterocycles. The second-order valence-electron chi connectivity index (χ2n) is 5.48. The number of nitrogens with zero attached hydrogens (tertiary/aromatic N) is 2. The van der Waals surface area contributed by atoms with E-state index in [-0.39, 0.29) is 0 Å². The molecule has 0 radical (unpaired) electrons. The number of carboxylic acids is 1. The third kappa shape index (κ3) is 3.16. The lowest BCUT2D eigenvalue weighted by atomic mass is 10.1. The maximum atomic E-state index is 10.9. The Morgan fingerprint density at radius 2 is 2.09 bits per heavy atom. The van der Waals surface area contributed by atoms with E-state index in [2.05, 4.69) is 27.9 Å². The smallest absolute Gasteiger partial charge is 0.330 e. The van der Waals surface area contributed by atoms with Gasteiger partial charge >= 0.3 is 5.97 Å². The van der Waals surface area contributed by atoms with E-state index in [4.69, 9.17) is 5.11 Å². The Morgan fingerprint density at radius 1 is 1.26 bits per heavy atom. The zero-order valence-corrected chi connectivity index (χ0v) is 12.9. The van der Waals surface area contributed by atoms with E-state index in [1.54, 1.807) is 19.2 Å². The summed E-state index contributed by atoms with van der Waals surface area (Å²) in [5.74, 6) is -0.859. The average molecular weight is 306 g/mol. The molecule has 0 spiro atoms. The molecule has 0 saturated heterocycles. The van der Waals surface area contributed by atoms with Crippen LogP contribution < -0.4 is 0 Å². The van der Waals surface area contributed by atoms with E-state index >= 15 is 0 Å². The van der Waals surface area contributed by atoms with Crippen LogP contribution in [0.1, 0.15) is 18.9 Å². The van der Waals surface area contributed by atoms with Gasteiger partial charge in [-0.05, 0) is 43.5 Å². The zero-order chi connectivity index (χ0) is 16.2. The van der Waals surface area contributed by atoms with Crippen molar-refractivity contribution in [1.29, 1.82) is 0 Å². The molecule has 116 valence electrons. The van der Waals surface area contributed by atoms with E-state index in [9.17, 15) is 4.79 Å². The van der Waals surface area contributed by atoms with Gasteiger partial charge in [0.25, 0.3) is 0 Å². The van der Waals surface area contributed by atoms with Gasteiger partial charge in [0, 0.05) is 23.4 Å². The van der Waals surface area contributed by atoms with E-state index in [0.717, 1.165) is 17.6 Å². The molecular formula is C19H18N2O2. The van der Waals surface area contributed by atoms with Crippen molar-refractivity contribution < 1.29 is 9.90 Å². The van der Waals surface area contributed by atoms with Crippen molar-refractivity contribution in [2.24, 2.45) is 0 Å². The number of pyridine rings is 1. The highest BCUT2D eigenvalue weighted by Gasteiger charge is 2.09. The van der Waals surface area contributed by atoms with E-state index in [1.165, 1.54) is 10.9 Å². The predicted molar refractivity (Wildman–Crippen MR) is 90.8 cm³/mol. The first kappa shape index (κ1) is 15.0. The minimum atomic E-state index is -0.859. The first-order valence-electron chi connectivity index (χ1n) is 7.56. The van der Waals surface area contributed by atoms with Crippen LogP contribution in [-0.2, 0) is 11.2 Å². The topological polar surface area (TPSA) is 55.1 Å². The summed E-state index contributed by atoms with van der Waals surface area (Å²) in [5.41, 5.74) is 3.75. The molecular weight excluding hydrogens is 288 g/mol. The maximum Gasteiger partial charge on any atom is 0.330 e.